The Labute approximate surface area is 85.8 Å². The minimum Gasteiger partial charge on any atom is -0.481 e. The Balaban J connectivity index is 2.88. The Kier molecular flexibility index (Phi) is 3.46. The lowest BCUT2D eigenvalue weighted by Gasteiger charge is -2.08. The van der Waals surface area contributed by atoms with E-state index < -0.39 is 5.97 Å². The third kappa shape index (κ3) is 2.45. The van der Waals surface area contributed by atoms with Gasteiger partial charge < -0.3 is 9.67 Å². The van der Waals surface area contributed by atoms with Crippen molar-refractivity contribution in [3.8, 4) is 0 Å². The molecule has 1 aromatic heterocycles. The van der Waals surface area contributed by atoms with E-state index in [-0.39, 0.29) is 23.8 Å². The van der Waals surface area contributed by atoms with E-state index in [0.717, 1.165) is 17.0 Å². The molecule has 78 valence electrons. The Morgan fingerprint density at radius 3 is 2.79 bits per heavy atom. The molecule has 0 bridgehead atoms. The maximum absolute atomic E-state index is 11.3. The fourth-order valence-electron chi connectivity index (χ4n) is 1.22. The second kappa shape index (κ2) is 4.41. The first-order valence-corrected chi connectivity index (χ1v) is 5.30. The second-order valence-corrected chi connectivity index (χ2v) is 4.20. The SMILES string of the molecule is CC(C)c1csc(=O)n1CCC(=O)O. The van der Waals surface area contributed by atoms with Crippen LogP contribution in [0.4, 0.5) is 0 Å². The normalized spacial score (nSPS) is 10.8. The minimum absolute atomic E-state index is 0.00361. The zero-order valence-electron chi connectivity index (χ0n) is 8.19. The molecule has 4 nitrogen and oxygen atoms in total. The van der Waals surface area contributed by atoms with Gasteiger partial charge in [0, 0.05) is 17.6 Å². The predicted octanol–water partition coefficient (Wildman–Crippen LogP) is 1.51. The average molecular weight is 215 g/mol. The van der Waals surface area contributed by atoms with Gasteiger partial charge in [0.25, 0.3) is 0 Å². The van der Waals surface area contributed by atoms with E-state index in [4.69, 9.17) is 5.11 Å². The van der Waals surface area contributed by atoms with Crippen LogP contribution in [0.1, 0.15) is 31.9 Å². The van der Waals surface area contributed by atoms with Crippen LogP contribution in [0, 0.1) is 0 Å². The van der Waals surface area contributed by atoms with E-state index in [9.17, 15) is 9.59 Å². The molecule has 0 spiro atoms. The average Bonchev–Trinajstić information content (AvgIpc) is 2.43. The monoisotopic (exact) mass is 215 g/mol. The molecule has 1 rings (SSSR count). The van der Waals surface area contributed by atoms with Crippen molar-refractivity contribution in [3.63, 3.8) is 0 Å². The minimum atomic E-state index is -0.877. The van der Waals surface area contributed by atoms with E-state index in [2.05, 4.69) is 0 Å². The zero-order valence-corrected chi connectivity index (χ0v) is 9.00. The molecular formula is C9H13NO3S. The zero-order chi connectivity index (χ0) is 10.7. The number of thiazole rings is 1. The van der Waals surface area contributed by atoms with Crippen molar-refractivity contribution >= 4 is 17.3 Å². The fraction of sp³-hybridized carbons (Fsp3) is 0.556. The summed E-state index contributed by atoms with van der Waals surface area (Å²) < 4.78 is 1.55. The van der Waals surface area contributed by atoms with Gasteiger partial charge in [-0.25, -0.2) is 0 Å². The molecule has 0 amide bonds. The highest BCUT2D eigenvalue weighted by Crippen LogP contribution is 2.14. The Hall–Kier alpha value is -1.10. The van der Waals surface area contributed by atoms with Crippen LogP contribution >= 0.6 is 11.3 Å². The molecule has 14 heavy (non-hydrogen) atoms. The van der Waals surface area contributed by atoms with Gasteiger partial charge in [0.05, 0.1) is 6.42 Å². The third-order valence-electron chi connectivity index (χ3n) is 1.95. The van der Waals surface area contributed by atoms with Crippen molar-refractivity contribution in [1.82, 2.24) is 4.57 Å². The largest absolute Gasteiger partial charge is 0.481 e. The lowest BCUT2D eigenvalue weighted by molar-refractivity contribution is -0.137. The van der Waals surface area contributed by atoms with E-state index in [1.807, 2.05) is 13.8 Å². The van der Waals surface area contributed by atoms with E-state index >= 15 is 0 Å². The smallest absolute Gasteiger partial charge is 0.307 e. The Morgan fingerprint density at radius 2 is 2.29 bits per heavy atom. The van der Waals surface area contributed by atoms with Gasteiger partial charge in [-0.15, -0.1) is 0 Å². The second-order valence-electron chi connectivity index (χ2n) is 3.38. The van der Waals surface area contributed by atoms with E-state index in [0.29, 0.717) is 0 Å². The summed E-state index contributed by atoms with van der Waals surface area (Å²) in [6.07, 6.45) is -0.00361. The summed E-state index contributed by atoms with van der Waals surface area (Å²) in [5.74, 6) is -0.624. The number of rotatable bonds is 4. The molecule has 0 aromatic carbocycles. The van der Waals surface area contributed by atoms with E-state index in [1.165, 1.54) is 0 Å². The van der Waals surface area contributed by atoms with Crippen LogP contribution in [0.5, 0.6) is 0 Å². The van der Waals surface area contributed by atoms with Crippen LogP contribution < -0.4 is 4.87 Å². The standard InChI is InChI=1S/C9H13NO3S/c1-6(2)7-5-14-9(13)10(7)4-3-8(11)12/h5-6H,3-4H2,1-2H3,(H,11,12). The van der Waals surface area contributed by atoms with Crippen molar-refractivity contribution < 1.29 is 9.90 Å². The maximum Gasteiger partial charge on any atom is 0.307 e. The molecule has 5 heteroatoms. The van der Waals surface area contributed by atoms with Crippen LogP contribution in [-0.2, 0) is 11.3 Å². The number of aliphatic carboxylic acids is 1. The predicted molar refractivity (Wildman–Crippen MR) is 54.9 cm³/mol. The van der Waals surface area contributed by atoms with Crippen LogP contribution in [0.25, 0.3) is 0 Å². The van der Waals surface area contributed by atoms with Crippen LogP contribution in [0.2, 0.25) is 0 Å². The van der Waals surface area contributed by atoms with Gasteiger partial charge in [-0.1, -0.05) is 25.2 Å². The summed E-state index contributed by atoms with van der Waals surface area (Å²) in [6.45, 7) is 4.24. The lowest BCUT2D eigenvalue weighted by Crippen LogP contribution is -2.18. The number of aromatic nitrogens is 1. The third-order valence-corrected chi connectivity index (χ3v) is 2.73. The quantitative estimate of drug-likeness (QED) is 0.828. The first-order chi connectivity index (χ1) is 6.52. The molecule has 0 aliphatic heterocycles. The molecule has 0 unspecified atom stereocenters. The first kappa shape index (κ1) is 11.0. The van der Waals surface area contributed by atoms with Crippen LogP contribution in [0.15, 0.2) is 10.2 Å². The van der Waals surface area contributed by atoms with Crippen molar-refractivity contribution in [3.05, 3.63) is 20.7 Å². The number of carbonyl (C=O) groups is 1. The summed E-state index contributed by atoms with van der Waals surface area (Å²) in [5, 5.41) is 10.3. The van der Waals surface area contributed by atoms with Crippen molar-refractivity contribution in [2.45, 2.75) is 32.7 Å². The molecule has 1 aromatic rings. The summed E-state index contributed by atoms with van der Waals surface area (Å²) >= 11 is 1.13. The van der Waals surface area contributed by atoms with Gasteiger partial charge in [0.1, 0.15) is 0 Å². The molecule has 0 radical (unpaired) electrons. The number of hydrogen-bond acceptors (Lipinski definition) is 3. The highest BCUT2D eigenvalue weighted by atomic mass is 32.1. The van der Waals surface area contributed by atoms with Gasteiger partial charge in [0.15, 0.2) is 0 Å². The molecule has 0 saturated heterocycles. The number of carboxylic acid groups (broad SMARTS) is 1. The summed E-state index contributed by atoms with van der Waals surface area (Å²) in [4.78, 5) is 21.6. The van der Waals surface area contributed by atoms with Crippen LogP contribution in [0.3, 0.4) is 0 Å². The fourth-order valence-corrected chi connectivity index (χ4v) is 2.16. The molecule has 0 saturated carbocycles. The first-order valence-electron chi connectivity index (χ1n) is 4.42. The van der Waals surface area contributed by atoms with Crippen molar-refractivity contribution in [2.24, 2.45) is 0 Å². The van der Waals surface area contributed by atoms with Crippen molar-refractivity contribution in [1.29, 1.82) is 0 Å². The molecular weight excluding hydrogens is 202 g/mol. The molecule has 0 atom stereocenters. The highest BCUT2D eigenvalue weighted by Gasteiger charge is 2.10. The van der Waals surface area contributed by atoms with Gasteiger partial charge in [-0.05, 0) is 5.92 Å². The highest BCUT2D eigenvalue weighted by molar-refractivity contribution is 7.07. The Morgan fingerprint density at radius 1 is 1.64 bits per heavy atom. The van der Waals surface area contributed by atoms with Gasteiger partial charge in [-0.3, -0.25) is 9.59 Å². The summed E-state index contributed by atoms with van der Waals surface area (Å²) in [7, 11) is 0. The Bertz CT molecular complexity index is 378. The molecule has 0 aliphatic carbocycles. The summed E-state index contributed by atoms with van der Waals surface area (Å²) in [6, 6.07) is 0. The lowest BCUT2D eigenvalue weighted by atomic mass is 10.1. The summed E-state index contributed by atoms with van der Waals surface area (Å²) in [5.41, 5.74) is 0.918. The van der Waals surface area contributed by atoms with E-state index in [1.54, 1.807) is 9.95 Å². The number of nitrogens with zero attached hydrogens (tertiary/aromatic N) is 1. The van der Waals surface area contributed by atoms with Crippen molar-refractivity contribution in [2.75, 3.05) is 0 Å². The van der Waals surface area contributed by atoms with Crippen LogP contribution in [-0.4, -0.2) is 15.6 Å². The molecule has 0 fully saturated rings. The molecule has 0 aliphatic rings. The number of carboxylic acids is 1. The van der Waals surface area contributed by atoms with Gasteiger partial charge in [0.2, 0.25) is 0 Å². The van der Waals surface area contributed by atoms with Gasteiger partial charge >= 0.3 is 10.8 Å². The maximum atomic E-state index is 11.3. The molecule has 1 N–H and O–H groups in total. The number of hydrogen-bond donors (Lipinski definition) is 1. The van der Waals surface area contributed by atoms with Gasteiger partial charge in [-0.2, -0.15) is 0 Å². The topological polar surface area (TPSA) is 59.3 Å². The molecule has 1 heterocycles.